The first kappa shape index (κ1) is 67.3. The van der Waals surface area contributed by atoms with Gasteiger partial charge in [-0.1, -0.05) is 189 Å². The van der Waals surface area contributed by atoms with Crippen LogP contribution in [0.15, 0.2) is 201 Å². The van der Waals surface area contributed by atoms with E-state index in [0.717, 1.165) is 87.2 Å². The monoisotopic (exact) mass is 1370 g/mol. The molecule has 83 heavy (non-hydrogen) atoms. The van der Waals surface area contributed by atoms with Gasteiger partial charge in [0, 0.05) is 53.0 Å². The molecule has 1 atom stereocenters. The molecule has 2 amide bonds. The average Bonchev–Trinajstić information content (AvgIpc) is 3.93. The molecular formula is C66H62Br3Cl2KN4O7. The molecule has 2 N–H and O–H groups in total. The summed E-state index contributed by atoms with van der Waals surface area (Å²) in [5, 5.41) is 31.0. The van der Waals surface area contributed by atoms with Crippen LogP contribution >= 0.6 is 71.0 Å². The van der Waals surface area contributed by atoms with Gasteiger partial charge in [-0.25, -0.2) is 0 Å². The number of alkyl halides is 1. The number of aliphatic hydroxyl groups excluding tert-OH is 2. The molecule has 2 aliphatic rings. The van der Waals surface area contributed by atoms with E-state index >= 15 is 0 Å². The zero-order valence-electron chi connectivity index (χ0n) is 47.0. The Balaban J connectivity index is 0.000000217. The van der Waals surface area contributed by atoms with E-state index in [1.54, 1.807) is 56.9 Å². The molecule has 17 heteroatoms. The summed E-state index contributed by atoms with van der Waals surface area (Å²) in [6.45, 7) is 5.66. The van der Waals surface area contributed by atoms with Gasteiger partial charge in [-0.2, -0.15) is 0 Å². The number of amides is 2. The summed E-state index contributed by atoms with van der Waals surface area (Å²) >= 11 is 23.1. The van der Waals surface area contributed by atoms with E-state index in [1.807, 2.05) is 158 Å². The van der Waals surface area contributed by atoms with Crippen LogP contribution in [0.4, 0.5) is 11.4 Å². The SMILES string of the molecule is BrCc1cccc(Br)c1.CC(C)(C)[O-].COc1ccc(CN2C(=O)C(Cc3cccc(Br)c3)N=C(c3ccc(CO)cc3)c3cc(Cl)ccc32)cc1.COc1ccc(CN2C(=O)CN=C(c3ccc(CO)cc3)c3cc(Cl)ccc32)cc1.[K+]. The maximum Gasteiger partial charge on any atom is 1.00 e. The Kier molecular flexibility index (Phi) is 26.4. The van der Waals surface area contributed by atoms with Crippen molar-refractivity contribution in [1.29, 1.82) is 0 Å². The van der Waals surface area contributed by atoms with Crippen LogP contribution in [0.2, 0.25) is 10.0 Å². The molecule has 0 aliphatic carbocycles. The van der Waals surface area contributed by atoms with Crippen LogP contribution in [0.25, 0.3) is 0 Å². The molecule has 8 aromatic carbocycles. The third-order valence-electron chi connectivity index (χ3n) is 12.7. The topological polar surface area (TPSA) is 147 Å². The molecule has 0 radical (unpaired) electrons. The number of carbonyl (C=O) groups is 2. The molecule has 0 fully saturated rings. The molecule has 0 saturated carbocycles. The number of nitrogens with zero attached hydrogens (tertiary/aromatic N) is 4. The number of aliphatic hydroxyl groups is 2. The first-order chi connectivity index (χ1) is 39.4. The zero-order chi connectivity index (χ0) is 58.9. The second-order valence-electron chi connectivity index (χ2n) is 20.0. The summed E-state index contributed by atoms with van der Waals surface area (Å²) in [4.78, 5) is 40.4. The molecule has 0 spiro atoms. The molecule has 8 aromatic rings. The van der Waals surface area contributed by atoms with Gasteiger partial charge in [-0.3, -0.25) is 19.6 Å². The Labute approximate surface area is 564 Å². The zero-order valence-corrected chi connectivity index (χ0v) is 56.4. The van der Waals surface area contributed by atoms with E-state index in [4.69, 9.17) is 37.7 Å². The minimum atomic E-state index is -0.750. The molecule has 0 bridgehead atoms. The number of benzodiazepines with no additional fused rings is 2. The summed E-state index contributed by atoms with van der Waals surface area (Å²) in [5.41, 5.74) is 11.4. The number of carbonyl (C=O) groups excluding carboxylic acids is 2. The smallest absolute Gasteiger partial charge is 0.850 e. The minimum absolute atomic E-state index is 0. The van der Waals surface area contributed by atoms with Crippen molar-refractivity contribution in [2.24, 2.45) is 9.98 Å². The van der Waals surface area contributed by atoms with Crippen LogP contribution in [0.5, 0.6) is 11.5 Å². The van der Waals surface area contributed by atoms with E-state index in [0.29, 0.717) is 41.0 Å². The number of halogens is 5. The van der Waals surface area contributed by atoms with Gasteiger partial charge in [0.25, 0.3) is 5.91 Å². The van der Waals surface area contributed by atoms with E-state index in [-0.39, 0.29) is 83.0 Å². The van der Waals surface area contributed by atoms with Gasteiger partial charge >= 0.3 is 51.4 Å². The maximum atomic E-state index is 14.2. The fourth-order valence-corrected chi connectivity index (χ4v) is 10.3. The summed E-state index contributed by atoms with van der Waals surface area (Å²) in [6, 6.07) is 57.0. The van der Waals surface area contributed by atoms with Crippen LogP contribution in [-0.4, -0.2) is 65.9 Å². The van der Waals surface area contributed by atoms with E-state index in [2.05, 4.69) is 64.9 Å². The first-order valence-electron chi connectivity index (χ1n) is 26.1. The number of benzene rings is 8. The van der Waals surface area contributed by atoms with E-state index < -0.39 is 11.6 Å². The maximum absolute atomic E-state index is 14.2. The number of anilines is 2. The van der Waals surface area contributed by atoms with Crippen molar-refractivity contribution in [3.63, 3.8) is 0 Å². The molecule has 11 nitrogen and oxygen atoms in total. The molecule has 0 aromatic heterocycles. The number of ether oxygens (including phenoxy) is 2. The fourth-order valence-electron chi connectivity index (χ4n) is 8.71. The van der Waals surface area contributed by atoms with Crippen molar-refractivity contribution in [2.75, 3.05) is 30.6 Å². The van der Waals surface area contributed by atoms with Gasteiger partial charge in [-0.05, 0) is 118 Å². The Bertz CT molecular complexity index is 3500. The Hall–Kier alpha value is -4.82. The predicted molar refractivity (Wildman–Crippen MR) is 340 cm³/mol. The number of rotatable bonds is 13. The summed E-state index contributed by atoms with van der Waals surface area (Å²) in [5.74, 6) is 1.35. The Morgan fingerprint density at radius 3 is 1.45 bits per heavy atom. The number of fused-ring (bicyclic) bond motifs is 2. The van der Waals surface area contributed by atoms with Gasteiger partial charge in [0.05, 0.1) is 63.3 Å². The number of aliphatic imine (C=N–C) groups is 2. The quantitative estimate of drug-likeness (QED) is 0.0863. The molecule has 10 rings (SSSR count). The van der Waals surface area contributed by atoms with Gasteiger partial charge < -0.3 is 34.6 Å². The van der Waals surface area contributed by atoms with Crippen molar-refractivity contribution in [3.8, 4) is 11.5 Å². The van der Waals surface area contributed by atoms with Crippen LogP contribution in [0.3, 0.4) is 0 Å². The molecular weight excluding hydrogens is 1310 g/mol. The molecule has 2 heterocycles. The van der Waals surface area contributed by atoms with Crippen molar-refractivity contribution in [3.05, 3.63) is 257 Å². The third-order valence-corrected chi connectivity index (χ3v) is 14.8. The number of methoxy groups -OCH3 is 2. The first-order valence-corrected chi connectivity index (χ1v) is 29.6. The van der Waals surface area contributed by atoms with E-state index in [1.165, 1.54) is 5.56 Å². The van der Waals surface area contributed by atoms with E-state index in [9.17, 15) is 24.9 Å². The standard InChI is InChI=1S/C31H26BrClN2O3.C24H21ClN2O3.C7H6Br2.C4H9O.K/c1-38-26-12-7-20(8-13-26)18-35-29-14-11-25(33)17-27(29)30(23-9-5-21(19-36)6-10-23)34-28(31(35)37)16-22-3-2-4-24(32)15-22;1-30-20-9-4-16(5-10-20)14-27-22-11-8-19(25)12-21(22)24(26-13-23(27)29)18-6-2-17(15-28)3-7-18;8-5-6-2-1-3-7(9)4-6;1-4(2,3)5;/h2-15,17,28,36H,16,18-19H2,1H3;2-12,28H,13-15H2,1H3;1-4H,5H2;1-3H3;/q;;;-1;+1. The second kappa shape index (κ2) is 32.6. The molecule has 1 unspecified atom stereocenters. The van der Waals surface area contributed by atoms with Crippen molar-refractivity contribution in [1.82, 2.24) is 0 Å². The predicted octanol–water partition coefficient (Wildman–Crippen LogP) is 11.3. The summed E-state index contributed by atoms with van der Waals surface area (Å²) < 4.78 is 12.6. The number of hydrogen-bond donors (Lipinski definition) is 2. The van der Waals surface area contributed by atoms with Gasteiger partial charge in [0.15, 0.2) is 0 Å². The third kappa shape index (κ3) is 19.9. The van der Waals surface area contributed by atoms with Gasteiger partial charge in [0.2, 0.25) is 5.91 Å². The molecule has 2 aliphatic heterocycles. The van der Waals surface area contributed by atoms with Crippen molar-refractivity contribution >= 4 is 106 Å². The molecule has 0 saturated heterocycles. The summed E-state index contributed by atoms with van der Waals surface area (Å²) in [6.07, 6.45) is 0.442. The molecule has 424 valence electrons. The van der Waals surface area contributed by atoms with Crippen molar-refractivity contribution < 1.29 is 85.8 Å². The van der Waals surface area contributed by atoms with Crippen LogP contribution in [0, 0.1) is 0 Å². The van der Waals surface area contributed by atoms with Crippen molar-refractivity contribution in [2.45, 2.75) is 70.5 Å². The van der Waals surface area contributed by atoms with Crippen LogP contribution in [0.1, 0.15) is 76.4 Å². The minimum Gasteiger partial charge on any atom is -0.850 e. The fraction of sp³-hybridized carbons (Fsp3) is 0.212. The normalized spacial score (nSPS) is 13.5. The second-order valence-corrected chi connectivity index (χ2v) is 23.3. The summed E-state index contributed by atoms with van der Waals surface area (Å²) in [7, 11) is 3.26. The largest absolute Gasteiger partial charge is 1.00 e. The average molecular weight is 1370 g/mol. The Morgan fingerprint density at radius 1 is 0.578 bits per heavy atom. The van der Waals surface area contributed by atoms with Crippen LogP contribution in [-0.2, 0) is 47.6 Å². The van der Waals surface area contributed by atoms with Crippen LogP contribution < -0.4 is 75.8 Å². The van der Waals surface area contributed by atoms with Gasteiger partial charge in [-0.15, -0.1) is 5.60 Å². The Morgan fingerprint density at radius 2 is 1.00 bits per heavy atom. The van der Waals surface area contributed by atoms with Gasteiger partial charge in [0.1, 0.15) is 24.1 Å². The number of hydrogen-bond acceptors (Lipinski definition) is 9.